The molecular weight excluding hydrogens is 138 g/mol. The van der Waals surface area contributed by atoms with Crippen LogP contribution in [0.1, 0.15) is 5.56 Å². The molecule has 2 nitrogen and oxygen atoms in total. The first-order valence-corrected chi connectivity index (χ1v) is 3.45. The van der Waals surface area contributed by atoms with Crippen molar-refractivity contribution >= 4 is 25.9 Å². The average molecular weight is 144 g/mol. The lowest BCUT2D eigenvalue weighted by Crippen LogP contribution is -2.28. The second-order valence-electron chi connectivity index (χ2n) is 2.62. The normalized spacial score (nSPS) is 15.2. The van der Waals surface area contributed by atoms with Crippen LogP contribution in [0.4, 0.5) is 0 Å². The van der Waals surface area contributed by atoms with Gasteiger partial charge in [-0.25, -0.2) is 0 Å². The molecular formula is C7H6B2O2. The molecule has 1 aliphatic rings. The lowest BCUT2D eigenvalue weighted by molar-refractivity contribution is 0.275. The fraction of sp³-hybridized carbons (Fsp3) is 0.143. The number of hydrogen-bond acceptors (Lipinski definition) is 2. The van der Waals surface area contributed by atoms with Crippen molar-refractivity contribution in [3.63, 3.8) is 0 Å². The molecule has 0 unspecified atom stereocenters. The molecule has 0 bridgehead atoms. The minimum absolute atomic E-state index is 0.460. The van der Waals surface area contributed by atoms with E-state index in [1.54, 1.807) is 12.1 Å². The average Bonchev–Trinajstić information content (AvgIpc) is 2.32. The Morgan fingerprint density at radius 3 is 3.18 bits per heavy atom. The third-order valence-electron chi connectivity index (χ3n) is 1.83. The summed E-state index contributed by atoms with van der Waals surface area (Å²) in [5.74, 6) is 0. The van der Waals surface area contributed by atoms with Crippen LogP contribution in [0.15, 0.2) is 18.2 Å². The van der Waals surface area contributed by atoms with Crippen molar-refractivity contribution < 1.29 is 9.68 Å². The van der Waals surface area contributed by atoms with Gasteiger partial charge in [0.05, 0.1) is 6.61 Å². The summed E-state index contributed by atoms with van der Waals surface area (Å²) in [6.07, 6.45) is 0. The molecule has 1 aromatic carbocycles. The molecule has 2 rings (SSSR count). The third-order valence-corrected chi connectivity index (χ3v) is 1.83. The molecule has 0 saturated heterocycles. The second kappa shape index (κ2) is 2.39. The predicted molar refractivity (Wildman–Crippen MR) is 44.2 cm³/mol. The molecule has 0 saturated carbocycles. The van der Waals surface area contributed by atoms with Crippen LogP contribution in [0.2, 0.25) is 0 Å². The van der Waals surface area contributed by atoms with Gasteiger partial charge in [0.15, 0.2) is 0 Å². The van der Waals surface area contributed by atoms with Gasteiger partial charge in [-0.2, -0.15) is 0 Å². The van der Waals surface area contributed by atoms with Crippen LogP contribution in [0.3, 0.4) is 0 Å². The Bertz CT molecular complexity index is 288. The van der Waals surface area contributed by atoms with Gasteiger partial charge in [0.1, 0.15) is 7.85 Å². The molecule has 2 radical (unpaired) electrons. The van der Waals surface area contributed by atoms with Gasteiger partial charge in [0.25, 0.3) is 0 Å². The molecule has 1 heterocycles. The van der Waals surface area contributed by atoms with Gasteiger partial charge in [-0.3, -0.25) is 0 Å². The standard InChI is InChI=1S/C7H6B2O2/c8-6-1-2-7-5(3-6)4-11-9(7)10/h1-3,10H,4H2. The Kier molecular flexibility index (Phi) is 1.51. The number of benzene rings is 1. The summed E-state index contributed by atoms with van der Waals surface area (Å²) in [7, 11) is 4.78. The van der Waals surface area contributed by atoms with Crippen LogP contribution in [0, 0.1) is 0 Å². The Hall–Kier alpha value is -0.730. The first-order chi connectivity index (χ1) is 5.27. The van der Waals surface area contributed by atoms with Gasteiger partial charge in [-0.05, 0) is 11.0 Å². The Labute approximate surface area is 66.7 Å². The maximum absolute atomic E-state index is 9.21. The van der Waals surface area contributed by atoms with Gasteiger partial charge < -0.3 is 9.68 Å². The zero-order valence-electron chi connectivity index (χ0n) is 5.95. The maximum atomic E-state index is 9.21. The second-order valence-corrected chi connectivity index (χ2v) is 2.62. The lowest BCUT2D eigenvalue weighted by Gasteiger charge is -1.97. The van der Waals surface area contributed by atoms with Gasteiger partial charge in [-0.1, -0.05) is 23.7 Å². The quantitative estimate of drug-likeness (QED) is 0.458. The zero-order valence-corrected chi connectivity index (χ0v) is 5.95. The molecule has 1 aliphatic heterocycles. The van der Waals surface area contributed by atoms with Crippen LogP contribution in [-0.2, 0) is 11.3 Å². The molecule has 52 valence electrons. The number of fused-ring (bicyclic) bond motifs is 1. The fourth-order valence-electron chi connectivity index (χ4n) is 1.25. The van der Waals surface area contributed by atoms with Crippen molar-refractivity contribution in [2.75, 3.05) is 0 Å². The highest BCUT2D eigenvalue weighted by Gasteiger charge is 2.26. The van der Waals surface area contributed by atoms with Gasteiger partial charge in [0, 0.05) is 0 Å². The molecule has 0 spiro atoms. The van der Waals surface area contributed by atoms with Crippen molar-refractivity contribution in [1.29, 1.82) is 0 Å². The SMILES string of the molecule is [B]c1ccc2c(c1)COB2O. The van der Waals surface area contributed by atoms with E-state index in [-0.39, 0.29) is 0 Å². The first kappa shape index (κ1) is 6.95. The number of hydrogen-bond donors (Lipinski definition) is 1. The highest BCUT2D eigenvalue weighted by atomic mass is 16.5. The molecule has 0 fully saturated rings. The third kappa shape index (κ3) is 1.08. The molecule has 0 aliphatic carbocycles. The maximum Gasteiger partial charge on any atom is 0.491 e. The Morgan fingerprint density at radius 1 is 1.55 bits per heavy atom. The van der Waals surface area contributed by atoms with Crippen LogP contribution < -0.4 is 10.9 Å². The molecule has 1 aromatic rings. The van der Waals surface area contributed by atoms with E-state index in [0.29, 0.717) is 12.1 Å². The van der Waals surface area contributed by atoms with Gasteiger partial charge in [-0.15, -0.1) is 0 Å². The Morgan fingerprint density at radius 2 is 2.36 bits per heavy atom. The van der Waals surface area contributed by atoms with E-state index < -0.39 is 7.12 Å². The minimum Gasteiger partial charge on any atom is -0.423 e. The smallest absolute Gasteiger partial charge is 0.423 e. The summed E-state index contributed by atoms with van der Waals surface area (Å²) in [5, 5.41) is 9.21. The van der Waals surface area contributed by atoms with E-state index in [1.165, 1.54) is 0 Å². The van der Waals surface area contributed by atoms with E-state index >= 15 is 0 Å². The van der Waals surface area contributed by atoms with Crippen molar-refractivity contribution in [3.8, 4) is 0 Å². The summed E-state index contributed by atoms with van der Waals surface area (Å²) >= 11 is 0. The number of rotatable bonds is 0. The van der Waals surface area contributed by atoms with Crippen LogP contribution in [0.25, 0.3) is 0 Å². The largest absolute Gasteiger partial charge is 0.491 e. The summed E-state index contributed by atoms with van der Waals surface area (Å²) in [4.78, 5) is 0. The van der Waals surface area contributed by atoms with Gasteiger partial charge >= 0.3 is 7.12 Å². The van der Waals surface area contributed by atoms with Crippen LogP contribution >= 0.6 is 0 Å². The van der Waals surface area contributed by atoms with Crippen molar-refractivity contribution in [2.24, 2.45) is 0 Å². The molecule has 11 heavy (non-hydrogen) atoms. The summed E-state index contributed by atoms with van der Waals surface area (Å²) in [6.45, 7) is 0.460. The van der Waals surface area contributed by atoms with Crippen molar-refractivity contribution in [2.45, 2.75) is 6.61 Å². The van der Waals surface area contributed by atoms with Crippen molar-refractivity contribution in [3.05, 3.63) is 23.8 Å². The zero-order chi connectivity index (χ0) is 7.84. The molecule has 0 amide bonds. The van der Waals surface area contributed by atoms with Crippen LogP contribution in [0.5, 0.6) is 0 Å². The lowest BCUT2D eigenvalue weighted by atomic mass is 9.77. The molecule has 0 atom stereocenters. The summed E-state index contributed by atoms with van der Waals surface area (Å²) in [5.41, 5.74) is 2.53. The Balaban J connectivity index is 2.50. The summed E-state index contributed by atoms with van der Waals surface area (Å²) in [6, 6.07) is 5.38. The fourth-order valence-corrected chi connectivity index (χ4v) is 1.25. The highest BCUT2D eigenvalue weighted by Crippen LogP contribution is 2.06. The van der Waals surface area contributed by atoms with E-state index in [1.807, 2.05) is 6.07 Å². The molecule has 4 heteroatoms. The van der Waals surface area contributed by atoms with E-state index in [0.717, 1.165) is 11.0 Å². The first-order valence-electron chi connectivity index (χ1n) is 3.45. The summed E-state index contributed by atoms with van der Waals surface area (Å²) < 4.78 is 4.98. The van der Waals surface area contributed by atoms with E-state index in [4.69, 9.17) is 12.5 Å². The highest BCUT2D eigenvalue weighted by molar-refractivity contribution is 6.61. The molecule has 0 aromatic heterocycles. The van der Waals surface area contributed by atoms with Crippen LogP contribution in [-0.4, -0.2) is 20.0 Å². The van der Waals surface area contributed by atoms with Crippen molar-refractivity contribution in [1.82, 2.24) is 0 Å². The minimum atomic E-state index is -0.759. The monoisotopic (exact) mass is 144 g/mol. The van der Waals surface area contributed by atoms with Gasteiger partial charge in [0.2, 0.25) is 0 Å². The molecule has 1 N–H and O–H groups in total. The topological polar surface area (TPSA) is 29.5 Å². The van der Waals surface area contributed by atoms with E-state index in [2.05, 4.69) is 0 Å². The predicted octanol–water partition coefficient (Wildman–Crippen LogP) is -1.30. The van der Waals surface area contributed by atoms with E-state index in [9.17, 15) is 5.02 Å².